The summed E-state index contributed by atoms with van der Waals surface area (Å²) >= 11 is 0. The van der Waals surface area contributed by atoms with E-state index in [9.17, 15) is 4.79 Å². The molecular weight excluding hydrogens is 206 g/mol. The lowest BCUT2D eigenvalue weighted by Gasteiger charge is -2.06. The molecule has 0 amide bonds. The summed E-state index contributed by atoms with van der Waals surface area (Å²) in [6, 6.07) is 4.54. The zero-order chi connectivity index (χ0) is 11.7. The standard InChI is InChI=1S/C11H11N3O2/c1-7-5-13-14(6-7)10-4-8(11(15)16)2-3-9(10)12/h2-6H,12H2,1H3,(H,15,16). The van der Waals surface area contributed by atoms with Crippen LogP contribution in [0.1, 0.15) is 15.9 Å². The molecule has 1 aromatic carbocycles. The van der Waals surface area contributed by atoms with E-state index in [1.54, 1.807) is 23.1 Å². The third-order valence-corrected chi connectivity index (χ3v) is 2.24. The van der Waals surface area contributed by atoms with Crippen molar-refractivity contribution < 1.29 is 9.90 Å². The number of aromatic carboxylic acids is 1. The van der Waals surface area contributed by atoms with Crippen LogP contribution in [0, 0.1) is 6.92 Å². The van der Waals surface area contributed by atoms with Gasteiger partial charge in [-0.05, 0) is 30.7 Å². The summed E-state index contributed by atoms with van der Waals surface area (Å²) in [5.41, 5.74) is 8.03. The fourth-order valence-corrected chi connectivity index (χ4v) is 1.42. The lowest BCUT2D eigenvalue weighted by atomic mass is 10.2. The molecule has 0 aliphatic carbocycles. The molecule has 0 fully saturated rings. The number of aryl methyl sites for hydroxylation is 1. The van der Waals surface area contributed by atoms with Crippen molar-refractivity contribution in [3.05, 3.63) is 41.7 Å². The SMILES string of the molecule is Cc1cnn(-c2cc(C(=O)O)ccc2N)c1. The second-order valence-corrected chi connectivity index (χ2v) is 3.54. The molecule has 0 saturated carbocycles. The molecule has 1 aromatic heterocycles. The van der Waals surface area contributed by atoms with Gasteiger partial charge in [-0.3, -0.25) is 0 Å². The molecule has 0 bridgehead atoms. The number of carboxylic acid groups (broad SMARTS) is 1. The molecular formula is C11H11N3O2. The summed E-state index contributed by atoms with van der Waals surface area (Å²) in [4.78, 5) is 10.8. The van der Waals surface area contributed by atoms with E-state index in [4.69, 9.17) is 10.8 Å². The van der Waals surface area contributed by atoms with Crippen LogP contribution in [0.25, 0.3) is 5.69 Å². The molecule has 0 spiro atoms. The lowest BCUT2D eigenvalue weighted by Crippen LogP contribution is -2.04. The van der Waals surface area contributed by atoms with Crippen LogP contribution >= 0.6 is 0 Å². The first-order chi connectivity index (χ1) is 7.58. The van der Waals surface area contributed by atoms with E-state index in [1.165, 1.54) is 12.1 Å². The van der Waals surface area contributed by atoms with Gasteiger partial charge in [-0.25, -0.2) is 9.48 Å². The topological polar surface area (TPSA) is 81.1 Å². The summed E-state index contributed by atoms with van der Waals surface area (Å²) < 4.78 is 1.57. The van der Waals surface area contributed by atoms with Gasteiger partial charge in [0.15, 0.2) is 0 Å². The van der Waals surface area contributed by atoms with Gasteiger partial charge in [-0.15, -0.1) is 0 Å². The number of nitrogen functional groups attached to an aromatic ring is 1. The van der Waals surface area contributed by atoms with Crippen LogP contribution in [0.2, 0.25) is 0 Å². The molecule has 0 unspecified atom stereocenters. The Morgan fingerprint density at radius 3 is 2.81 bits per heavy atom. The summed E-state index contributed by atoms with van der Waals surface area (Å²) in [5.74, 6) is -0.981. The largest absolute Gasteiger partial charge is 0.478 e. The number of aromatic nitrogens is 2. The fourth-order valence-electron chi connectivity index (χ4n) is 1.42. The van der Waals surface area contributed by atoms with Crippen LogP contribution in [0.3, 0.4) is 0 Å². The first kappa shape index (κ1) is 10.2. The third kappa shape index (κ3) is 1.75. The fraction of sp³-hybridized carbons (Fsp3) is 0.0909. The Morgan fingerprint density at radius 2 is 2.25 bits per heavy atom. The van der Waals surface area contributed by atoms with Crippen LogP contribution in [0.4, 0.5) is 5.69 Å². The van der Waals surface area contributed by atoms with Gasteiger partial charge in [0.2, 0.25) is 0 Å². The smallest absolute Gasteiger partial charge is 0.335 e. The van der Waals surface area contributed by atoms with E-state index in [0.717, 1.165) is 5.56 Å². The monoisotopic (exact) mass is 217 g/mol. The maximum absolute atomic E-state index is 10.8. The van der Waals surface area contributed by atoms with E-state index >= 15 is 0 Å². The van der Waals surface area contributed by atoms with Gasteiger partial charge < -0.3 is 10.8 Å². The molecule has 2 rings (SSSR count). The maximum atomic E-state index is 10.8. The Bertz CT molecular complexity index is 546. The van der Waals surface area contributed by atoms with Gasteiger partial charge in [0, 0.05) is 6.20 Å². The first-order valence-corrected chi connectivity index (χ1v) is 4.72. The van der Waals surface area contributed by atoms with Crippen LogP contribution in [-0.2, 0) is 0 Å². The minimum absolute atomic E-state index is 0.192. The van der Waals surface area contributed by atoms with Crippen molar-refractivity contribution in [2.45, 2.75) is 6.92 Å². The third-order valence-electron chi connectivity index (χ3n) is 2.24. The Morgan fingerprint density at radius 1 is 1.50 bits per heavy atom. The van der Waals surface area contributed by atoms with Crippen LogP contribution in [-0.4, -0.2) is 20.9 Å². The van der Waals surface area contributed by atoms with Crippen molar-refractivity contribution >= 4 is 11.7 Å². The number of hydrogen-bond acceptors (Lipinski definition) is 3. The molecule has 0 saturated heterocycles. The quantitative estimate of drug-likeness (QED) is 0.746. The van der Waals surface area contributed by atoms with Crippen LogP contribution < -0.4 is 5.73 Å². The van der Waals surface area contributed by atoms with Crippen molar-refractivity contribution in [1.29, 1.82) is 0 Å². The highest BCUT2D eigenvalue weighted by Gasteiger charge is 2.08. The second kappa shape index (κ2) is 3.69. The van der Waals surface area contributed by atoms with Gasteiger partial charge in [0.25, 0.3) is 0 Å². The van der Waals surface area contributed by atoms with Gasteiger partial charge in [-0.1, -0.05) is 0 Å². The van der Waals surface area contributed by atoms with Crippen molar-refractivity contribution in [3.63, 3.8) is 0 Å². The Hall–Kier alpha value is -2.30. The number of carbonyl (C=O) groups is 1. The highest BCUT2D eigenvalue weighted by molar-refractivity contribution is 5.89. The van der Waals surface area contributed by atoms with Gasteiger partial charge in [0.1, 0.15) is 0 Å². The normalized spacial score (nSPS) is 10.3. The number of rotatable bonds is 2. The van der Waals surface area contributed by atoms with Crippen molar-refractivity contribution in [2.75, 3.05) is 5.73 Å². The average Bonchev–Trinajstić information content (AvgIpc) is 2.65. The van der Waals surface area contributed by atoms with E-state index in [0.29, 0.717) is 11.4 Å². The molecule has 2 aromatic rings. The van der Waals surface area contributed by atoms with Gasteiger partial charge >= 0.3 is 5.97 Å². The highest BCUT2D eigenvalue weighted by Crippen LogP contribution is 2.18. The van der Waals surface area contributed by atoms with Gasteiger partial charge in [0.05, 0.1) is 23.1 Å². The van der Waals surface area contributed by atoms with Gasteiger partial charge in [-0.2, -0.15) is 5.10 Å². The Balaban J connectivity index is 2.55. The molecule has 0 radical (unpaired) electrons. The molecule has 3 N–H and O–H groups in total. The minimum atomic E-state index is -0.981. The lowest BCUT2D eigenvalue weighted by molar-refractivity contribution is 0.0697. The summed E-state index contributed by atoms with van der Waals surface area (Å²) in [5, 5.41) is 13.0. The Labute approximate surface area is 92.1 Å². The molecule has 0 aliphatic heterocycles. The van der Waals surface area contributed by atoms with E-state index in [1.807, 2.05) is 6.92 Å². The zero-order valence-corrected chi connectivity index (χ0v) is 8.71. The predicted octanol–water partition coefficient (Wildman–Crippen LogP) is 1.46. The summed E-state index contributed by atoms with van der Waals surface area (Å²) in [7, 11) is 0. The number of hydrogen-bond donors (Lipinski definition) is 2. The molecule has 16 heavy (non-hydrogen) atoms. The number of benzene rings is 1. The van der Waals surface area contributed by atoms with Crippen LogP contribution in [0.15, 0.2) is 30.6 Å². The number of nitrogens with two attached hydrogens (primary N) is 1. The summed E-state index contributed by atoms with van der Waals surface area (Å²) in [6.45, 7) is 1.90. The van der Waals surface area contributed by atoms with Crippen molar-refractivity contribution in [2.24, 2.45) is 0 Å². The predicted molar refractivity (Wildman–Crippen MR) is 59.7 cm³/mol. The molecule has 5 heteroatoms. The molecule has 1 heterocycles. The second-order valence-electron chi connectivity index (χ2n) is 3.54. The zero-order valence-electron chi connectivity index (χ0n) is 8.71. The van der Waals surface area contributed by atoms with E-state index < -0.39 is 5.97 Å². The summed E-state index contributed by atoms with van der Waals surface area (Å²) in [6.07, 6.45) is 3.48. The number of anilines is 1. The highest BCUT2D eigenvalue weighted by atomic mass is 16.4. The molecule has 82 valence electrons. The van der Waals surface area contributed by atoms with Crippen molar-refractivity contribution in [1.82, 2.24) is 9.78 Å². The molecule has 5 nitrogen and oxygen atoms in total. The number of carboxylic acids is 1. The average molecular weight is 217 g/mol. The molecule has 0 aliphatic rings. The minimum Gasteiger partial charge on any atom is -0.478 e. The Kier molecular flexibility index (Phi) is 2.36. The van der Waals surface area contributed by atoms with Crippen LogP contribution in [0.5, 0.6) is 0 Å². The number of nitrogens with zero attached hydrogens (tertiary/aromatic N) is 2. The van der Waals surface area contributed by atoms with E-state index in [2.05, 4.69) is 5.10 Å². The maximum Gasteiger partial charge on any atom is 0.335 e. The first-order valence-electron chi connectivity index (χ1n) is 4.72. The van der Waals surface area contributed by atoms with E-state index in [-0.39, 0.29) is 5.56 Å². The molecule has 0 atom stereocenters. The van der Waals surface area contributed by atoms with Crippen molar-refractivity contribution in [3.8, 4) is 5.69 Å².